The summed E-state index contributed by atoms with van der Waals surface area (Å²) in [4.78, 5) is 22.9. The summed E-state index contributed by atoms with van der Waals surface area (Å²) in [6.45, 7) is 9.38. The van der Waals surface area contributed by atoms with Crippen LogP contribution in [0, 0.1) is 24.6 Å². The van der Waals surface area contributed by atoms with Gasteiger partial charge in [-0.15, -0.1) is 0 Å². The number of aromatic nitrogens is 2. The van der Waals surface area contributed by atoms with Crippen LogP contribution in [0.2, 0.25) is 0 Å². The Morgan fingerprint density at radius 2 is 2.08 bits per heavy atom. The first-order valence-electron chi connectivity index (χ1n) is 12.7. The number of nitrogens with zero attached hydrogens (tertiary/aromatic N) is 2. The van der Waals surface area contributed by atoms with E-state index in [-0.39, 0.29) is 16.8 Å². The van der Waals surface area contributed by atoms with Crippen LogP contribution in [0.15, 0.2) is 35.1 Å². The number of amides is 1. The number of carbonyl (C=O) groups is 1. The van der Waals surface area contributed by atoms with E-state index in [0.717, 1.165) is 48.8 Å². The number of carbonyl (C=O) groups excluding carboxylic acids is 1. The number of halogens is 2. The Hall–Kier alpha value is -2.49. The van der Waals surface area contributed by atoms with Gasteiger partial charge in [-0.1, -0.05) is 29.8 Å². The van der Waals surface area contributed by atoms with Gasteiger partial charge in [0, 0.05) is 16.7 Å². The average Bonchev–Trinajstić information content (AvgIpc) is 3.57. The lowest BCUT2D eigenvalue weighted by atomic mass is 10.1. The van der Waals surface area contributed by atoms with Crippen molar-refractivity contribution < 1.29 is 14.0 Å². The molecule has 4 rings (SSSR count). The van der Waals surface area contributed by atoms with Gasteiger partial charge in [-0.2, -0.15) is 0 Å². The van der Waals surface area contributed by atoms with Crippen LogP contribution >= 0.6 is 15.9 Å². The summed E-state index contributed by atoms with van der Waals surface area (Å²) in [6.07, 6.45) is 5.79. The van der Waals surface area contributed by atoms with Gasteiger partial charge in [0.25, 0.3) is 5.91 Å². The van der Waals surface area contributed by atoms with Gasteiger partial charge in [-0.3, -0.25) is 9.63 Å². The van der Waals surface area contributed by atoms with Gasteiger partial charge in [0.05, 0.1) is 29.7 Å². The van der Waals surface area contributed by atoms with E-state index in [9.17, 15) is 4.79 Å². The number of rotatable bonds is 13. The molecule has 1 aliphatic rings. The molecule has 1 aliphatic carbocycles. The van der Waals surface area contributed by atoms with E-state index in [1.165, 1.54) is 0 Å². The summed E-state index contributed by atoms with van der Waals surface area (Å²) in [5, 5.41) is 6.58. The molecule has 2 aromatic carbocycles. The molecule has 0 radical (unpaired) electrons. The summed E-state index contributed by atoms with van der Waals surface area (Å²) in [5.41, 5.74) is 5.22. The topological polar surface area (TPSA) is 80.2 Å². The van der Waals surface area contributed by atoms with Crippen molar-refractivity contribution in [2.24, 2.45) is 11.8 Å². The van der Waals surface area contributed by atoms with Gasteiger partial charge >= 0.3 is 0 Å². The molecular formula is C27H35BrFN5O2. The molecule has 36 heavy (non-hydrogen) atoms. The molecule has 1 amide bonds. The summed E-state index contributed by atoms with van der Waals surface area (Å²) < 4.78 is 18.7. The second-order valence-corrected chi connectivity index (χ2v) is 10.9. The highest BCUT2D eigenvalue weighted by Crippen LogP contribution is 2.33. The molecule has 1 fully saturated rings. The molecule has 0 aliphatic heterocycles. The number of benzene rings is 2. The zero-order valence-corrected chi connectivity index (χ0v) is 22.8. The Morgan fingerprint density at radius 1 is 1.28 bits per heavy atom. The Balaban J connectivity index is 1.58. The maximum atomic E-state index is 15.8. The van der Waals surface area contributed by atoms with Gasteiger partial charge < -0.3 is 15.2 Å². The normalized spacial score (nSPS) is 13.5. The predicted molar refractivity (Wildman–Crippen MR) is 145 cm³/mol. The molecule has 7 nitrogen and oxygen atoms in total. The van der Waals surface area contributed by atoms with Crippen LogP contribution in [0.4, 0.5) is 15.8 Å². The summed E-state index contributed by atoms with van der Waals surface area (Å²) >= 11 is 3.46. The molecule has 3 aromatic rings. The van der Waals surface area contributed by atoms with Gasteiger partial charge in [0.15, 0.2) is 5.82 Å². The first-order chi connectivity index (χ1) is 17.3. The van der Waals surface area contributed by atoms with Crippen molar-refractivity contribution in [3.63, 3.8) is 0 Å². The van der Waals surface area contributed by atoms with Crippen molar-refractivity contribution >= 4 is 44.2 Å². The highest BCUT2D eigenvalue weighted by atomic mass is 79.9. The van der Waals surface area contributed by atoms with Gasteiger partial charge in [-0.05, 0) is 87.4 Å². The Kier molecular flexibility index (Phi) is 8.98. The van der Waals surface area contributed by atoms with Crippen LogP contribution in [0.3, 0.4) is 0 Å². The van der Waals surface area contributed by atoms with Crippen LogP contribution < -0.4 is 16.1 Å². The lowest BCUT2D eigenvalue weighted by Crippen LogP contribution is -2.26. The van der Waals surface area contributed by atoms with Crippen molar-refractivity contribution in [1.29, 1.82) is 0 Å². The molecule has 0 spiro atoms. The molecule has 0 unspecified atom stereocenters. The second-order valence-electron chi connectivity index (χ2n) is 9.99. The van der Waals surface area contributed by atoms with E-state index in [1.807, 2.05) is 29.7 Å². The fourth-order valence-electron chi connectivity index (χ4n) is 4.03. The van der Waals surface area contributed by atoms with Crippen molar-refractivity contribution in [2.45, 2.75) is 53.0 Å². The molecule has 0 bridgehead atoms. The van der Waals surface area contributed by atoms with E-state index < -0.39 is 11.7 Å². The van der Waals surface area contributed by atoms with E-state index in [0.29, 0.717) is 36.2 Å². The minimum absolute atomic E-state index is 0.0866. The first-order valence-corrected chi connectivity index (χ1v) is 13.5. The smallest absolute Gasteiger partial charge is 0.277 e. The summed E-state index contributed by atoms with van der Waals surface area (Å²) in [5.74, 6) is 0.0650. The summed E-state index contributed by atoms with van der Waals surface area (Å²) in [6, 6.07) is 7.35. The second kappa shape index (κ2) is 12.2. The molecule has 3 N–H and O–H groups in total. The van der Waals surface area contributed by atoms with Crippen LogP contribution in [-0.2, 0) is 11.4 Å². The number of hydroxylamine groups is 1. The van der Waals surface area contributed by atoms with E-state index in [1.54, 1.807) is 12.4 Å². The number of hydrogen-bond acceptors (Lipinski definition) is 5. The largest absolute Gasteiger partial charge is 0.352 e. The van der Waals surface area contributed by atoms with Gasteiger partial charge in [0.1, 0.15) is 5.52 Å². The number of unbranched alkanes of at least 4 members (excludes halogenated alkanes) is 1. The number of aryl methyl sites for hydroxylation is 2. The number of imidazole rings is 1. The highest BCUT2D eigenvalue weighted by molar-refractivity contribution is 9.10. The van der Waals surface area contributed by atoms with Crippen LogP contribution in [0.1, 0.15) is 55.5 Å². The molecule has 1 saturated carbocycles. The fourth-order valence-corrected chi connectivity index (χ4v) is 4.50. The minimum Gasteiger partial charge on any atom is -0.352 e. The van der Waals surface area contributed by atoms with Gasteiger partial charge in [-0.25, -0.2) is 14.9 Å². The van der Waals surface area contributed by atoms with Gasteiger partial charge in [0.2, 0.25) is 0 Å². The molecular weight excluding hydrogens is 525 g/mol. The SMILES string of the molecule is Cc1cc(Br)ccc1Nc1c(C(=O)NOCC2CC2)cc2c(ncn2CCCCNCC(C)C)c1F. The monoisotopic (exact) mass is 559 g/mol. The zero-order chi connectivity index (χ0) is 25.7. The number of anilines is 2. The molecule has 194 valence electrons. The molecule has 9 heteroatoms. The zero-order valence-electron chi connectivity index (χ0n) is 21.2. The predicted octanol–water partition coefficient (Wildman–Crippen LogP) is 6.09. The van der Waals surface area contributed by atoms with Crippen LogP contribution in [0.25, 0.3) is 11.0 Å². The maximum absolute atomic E-state index is 15.8. The maximum Gasteiger partial charge on any atom is 0.277 e. The highest BCUT2D eigenvalue weighted by Gasteiger charge is 2.25. The standard InChI is InChI=1S/C27H35BrFN5O2/c1-17(2)14-30-10-4-5-11-34-16-31-26-23(34)13-21(27(35)33-36-15-19-6-7-19)25(24(26)29)32-22-9-8-20(28)12-18(22)3/h8-9,12-13,16-17,19,30,32H,4-7,10-11,14-15H2,1-3H3,(H,33,35). The first kappa shape index (κ1) is 26.6. The molecule has 0 saturated heterocycles. The molecule has 1 heterocycles. The fraction of sp³-hybridized carbons (Fsp3) is 0.481. The average molecular weight is 561 g/mol. The molecule has 0 atom stereocenters. The third-order valence-corrected chi connectivity index (χ3v) is 6.78. The van der Waals surface area contributed by atoms with E-state index in [2.05, 4.69) is 50.9 Å². The lowest BCUT2D eigenvalue weighted by Gasteiger charge is -2.16. The molecule has 1 aromatic heterocycles. The third-order valence-electron chi connectivity index (χ3n) is 6.28. The number of nitrogens with one attached hydrogen (secondary N) is 3. The van der Waals surface area contributed by atoms with Crippen LogP contribution in [-0.4, -0.2) is 35.2 Å². The van der Waals surface area contributed by atoms with E-state index in [4.69, 9.17) is 4.84 Å². The Labute approximate surface area is 220 Å². The lowest BCUT2D eigenvalue weighted by molar-refractivity contribution is 0.0271. The Bertz CT molecular complexity index is 1210. The van der Waals surface area contributed by atoms with Crippen molar-refractivity contribution in [1.82, 2.24) is 20.3 Å². The quantitative estimate of drug-likeness (QED) is 0.174. The number of fused-ring (bicyclic) bond motifs is 1. The van der Waals surface area contributed by atoms with Crippen molar-refractivity contribution in [2.75, 3.05) is 25.0 Å². The summed E-state index contributed by atoms with van der Waals surface area (Å²) in [7, 11) is 0. The van der Waals surface area contributed by atoms with Crippen molar-refractivity contribution in [3.8, 4) is 0 Å². The van der Waals surface area contributed by atoms with Crippen LogP contribution in [0.5, 0.6) is 0 Å². The van der Waals surface area contributed by atoms with E-state index >= 15 is 4.39 Å². The number of hydrogen-bond donors (Lipinski definition) is 3. The Morgan fingerprint density at radius 3 is 2.81 bits per heavy atom. The van der Waals surface area contributed by atoms with Crippen molar-refractivity contribution in [3.05, 3.63) is 52.0 Å². The third kappa shape index (κ3) is 6.83. The minimum atomic E-state index is -0.556.